The normalized spacial score (nSPS) is 11.8. The molecule has 2 aromatic carbocycles. The second-order valence-electron chi connectivity index (χ2n) is 5.36. The lowest BCUT2D eigenvalue weighted by atomic mass is 10.2. The van der Waals surface area contributed by atoms with Crippen LogP contribution in [0.25, 0.3) is 10.2 Å². The predicted molar refractivity (Wildman–Crippen MR) is 99.7 cm³/mol. The molecule has 0 radical (unpaired) electrons. The van der Waals surface area contributed by atoms with Crippen molar-refractivity contribution < 1.29 is 14.5 Å². The Morgan fingerprint density at radius 3 is 2.69 bits per heavy atom. The molecule has 0 fully saturated rings. The number of aromatic nitrogens is 1. The number of halogens is 1. The van der Waals surface area contributed by atoms with Gasteiger partial charge in [-0.25, -0.2) is 0 Å². The maximum absolute atomic E-state index is 12.5. The van der Waals surface area contributed by atoms with Gasteiger partial charge in [0.2, 0.25) is 0 Å². The molecule has 0 bridgehead atoms. The van der Waals surface area contributed by atoms with Gasteiger partial charge in [-0.05, 0) is 30.3 Å². The standard InChI is InChI=1S/C17H14ClN3O4S/c1-25-9-8-20-14-7-4-12(18)10-15(14)26-17(20)19-16(22)11-2-5-13(6-3-11)21(23)24/h2-7,10H,8-9H2,1H3. The van der Waals surface area contributed by atoms with Gasteiger partial charge in [0.25, 0.3) is 11.6 Å². The molecule has 9 heteroatoms. The summed E-state index contributed by atoms with van der Waals surface area (Å²) in [5.74, 6) is -0.469. The minimum absolute atomic E-state index is 0.0757. The second-order valence-corrected chi connectivity index (χ2v) is 6.81. The molecule has 0 saturated carbocycles. The minimum Gasteiger partial charge on any atom is -0.383 e. The highest BCUT2D eigenvalue weighted by molar-refractivity contribution is 7.16. The number of methoxy groups -OCH3 is 1. The molecule has 0 aliphatic heterocycles. The zero-order valence-corrected chi connectivity index (χ0v) is 15.3. The number of hydrogen-bond donors (Lipinski definition) is 0. The zero-order chi connectivity index (χ0) is 18.7. The van der Waals surface area contributed by atoms with E-state index in [2.05, 4.69) is 4.99 Å². The number of thiazole rings is 1. The molecule has 0 aliphatic rings. The average Bonchev–Trinajstić information content (AvgIpc) is 2.95. The van der Waals surface area contributed by atoms with Crippen molar-refractivity contribution in [3.8, 4) is 0 Å². The van der Waals surface area contributed by atoms with E-state index in [9.17, 15) is 14.9 Å². The van der Waals surface area contributed by atoms with E-state index in [-0.39, 0.29) is 11.3 Å². The van der Waals surface area contributed by atoms with Gasteiger partial charge in [-0.1, -0.05) is 22.9 Å². The van der Waals surface area contributed by atoms with Crippen LogP contribution in [0.5, 0.6) is 0 Å². The van der Waals surface area contributed by atoms with Gasteiger partial charge in [0, 0.05) is 36.4 Å². The van der Waals surface area contributed by atoms with Crippen LogP contribution in [0, 0.1) is 10.1 Å². The van der Waals surface area contributed by atoms with Crippen molar-refractivity contribution in [1.29, 1.82) is 0 Å². The molecule has 26 heavy (non-hydrogen) atoms. The van der Waals surface area contributed by atoms with E-state index in [4.69, 9.17) is 16.3 Å². The quantitative estimate of drug-likeness (QED) is 0.490. The zero-order valence-electron chi connectivity index (χ0n) is 13.7. The third-order valence-electron chi connectivity index (χ3n) is 3.69. The molecule has 7 nitrogen and oxygen atoms in total. The number of carbonyl (C=O) groups excluding carboxylic acids is 1. The van der Waals surface area contributed by atoms with E-state index in [1.165, 1.54) is 35.6 Å². The van der Waals surface area contributed by atoms with Crippen LogP contribution in [0.3, 0.4) is 0 Å². The fourth-order valence-corrected chi connectivity index (χ4v) is 3.74. The molecular formula is C17H14ClN3O4S. The molecule has 0 spiro atoms. The van der Waals surface area contributed by atoms with Gasteiger partial charge >= 0.3 is 0 Å². The van der Waals surface area contributed by atoms with Crippen molar-refractivity contribution in [3.05, 3.63) is 68.0 Å². The molecule has 0 unspecified atom stereocenters. The van der Waals surface area contributed by atoms with Crippen LogP contribution in [0.4, 0.5) is 5.69 Å². The Morgan fingerprint density at radius 1 is 1.31 bits per heavy atom. The summed E-state index contributed by atoms with van der Waals surface area (Å²) >= 11 is 7.39. The molecule has 1 aromatic heterocycles. The minimum atomic E-state index is -0.514. The molecule has 1 heterocycles. The van der Waals surface area contributed by atoms with Gasteiger partial charge in [-0.2, -0.15) is 4.99 Å². The van der Waals surface area contributed by atoms with E-state index in [0.29, 0.717) is 23.0 Å². The van der Waals surface area contributed by atoms with Gasteiger partial charge in [-0.15, -0.1) is 0 Å². The maximum Gasteiger partial charge on any atom is 0.279 e. The van der Waals surface area contributed by atoms with E-state index in [1.807, 2.05) is 16.7 Å². The van der Waals surface area contributed by atoms with Gasteiger partial charge < -0.3 is 9.30 Å². The maximum atomic E-state index is 12.5. The lowest BCUT2D eigenvalue weighted by Gasteiger charge is -2.04. The average molecular weight is 392 g/mol. The Balaban J connectivity index is 2.04. The Hall–Kier alpha value is -2.55. The van der Waals surface area contributed by atoms with Crippen molar-refractivity contribution in [2.45, 2.75) is 6.54 Å². The highest BCUT2D eigenvalue weighted by Gasteiger charge is 2.11. The number of amides is 1. The lowest BCUT2D eigenvalue weighted by Crippen LogP contribution is -2.19. The Kier molecular flexibility index (Phi) is 5.46. The number of ether oxygens (including phenoxy) is 1. The number of carbonyl (C=O) groups is 1. The van der Waals surface area contributed by atoms with Crippen LogP contribution in [0.15, 0.2) is 47.5 Å². The number of benzene rings is 2. The molecule has 0 atom stereocenters. The number of nitro groups is 1. The third-order valence-corrected chi connectivity index (χ3v) is 4.96. The number of non-ortho nitro benzene ring substituents is 1. The topological polar surface area (TPSA) is 86.7 Å². The second kappa shape index (κ2) is 7.77. The first-order chi connectivity index (χ1) is 12.5. The Bertz CT molecular complexity index is 1040. The van der Waals surface area contributed by atoms with Crippen LogP contribution in [-0.2, 0) is 11.3 Å². The third kappa shape index (κ3) is 3.82. The van der Waals surface area contributed by atoms with Crippen molar-refractivity contribution in [2.24, 2.45) is 4.99 Å². The van der Waals surface area contributed by atoms with E-state index in [0.717, 1.165) is 10.2 Å². The molecule has 0 aliphatic carbocycles. The first kappa shape index (κ1) is 18.2. The SMILES string of the molecule is COCCn1c(=NC(=O)c2ccc([N+](=O)[O-])cc2)sc2cc(Cl)ccc21. The van der Waals surface area contributed by atoms with Crippen molar-refractivity contribution in [2.75, 3.05) is 13.7 Å². The molecule has 3 rings (SSSR count). The predicted octanol–water partition coefficient (Wildman–Crippen LogP) is 3.65. The summed E-state index contributed by atoms with van der Waals surface area (Å²) in [5, 5.41) is 11.3. The number of fused-ring (bicyclic) bond motifs is 1. The first-order valence-corrected chi connectivity index (χ1v) is 8.80. The van der Waals surface area contributed by atoms with Gasteiger partial charge in [0.15, 0.2) is 4.80 Å². The summed E-state index contributed by atoms with van der Waals surface area (Å²) in [4.78, 5) is 27.4. The van der Waals surface area contributed by atoms with Crippen LogP contribution in [0.1, 0.15) is 10.4 Å². The summed E-state index contributed by atoms with van der Waals surface area (Å²) in [5.41, 5.74) is 1.12. The molecule has 134 valence electrons. The Morgan fingerprint density at radius 2 is 2.04 bits per heavy atom. The van der Waals surface area contributed by atoms with Crippen molar-refractivity contribution >= 4 is 44.7 Å². The molecule has 1 amide bonds. The first-order valence-electron chi connectivity index (χ1n) is 7.61. The highest BCUT2D eigenvalue weighted by Crippen LogP contribution is 2.22. The molecule has 0 N–H and O–H groups in total. The van der Waals surface area contributed by atoms with Crippen LogP contribution >= 0.6 is 22.9 Å². The summed E-state index contributed by atoms with van der Waals surface area (Å²) < 4.78 is 7.93. The number of nitro benzene ring substituents is 1. The van der Waals surface area contributed by atoms with Crippen LogP contribution < -0.4 is 4.80 Å². The molecule has 3 aromatic rings. The van der Waals surface area contributed by atoms with Gasteiger partial charge in [0.05, 0.1) is 21.7 Å². The smallest absolute Gasteiger partial charge is 0.279 e. The fraction of sp³-hybridized carbons (Fsp3) is 0.176. The molecule has 0 saturated heterocycles. The number of hydrogen-bond acceptors (Lipinski definition) is 5. The van der Waals surface area contributed by atoms with E-state index in [1.54, 1.807) is 13.2 Å². The van der Waals surface area contributed by atoms with Gasteiger partial charge in [0.1, 0.15) is 0 Å². The van der Waals surface area contributed by atoms with Crippen LogP contribution in [-0.4, -0.2) is 29.1 Å². The van der Waals surface area contributed by atoms with Crippen molar-refractivity contribution in [1.82, 2.24) is 4.57 Å². The van der Waals surface area contributed by atoms with Crippen LogP contribution in [0.2, 0.25) is 5.02 Å². The van der Waals surface area contributed by atoms with Crippen molar-refractivity contribution in [3.63, 3.8) is 0 Å². The highest BCUT2D eigenvalue weighted by atomic mass is 35.5. The van der Waals surface area contributed by atoms with E-state index < -0.39 is 10.8 Å². The number of rotatable bonds is 5. The van der Waals surface area contributed by atoms with E-state index >= 15 is 0 Å². The largest absolute Gasteiger partial charge is 0.383 e. The Labute approximate surface area is 157 Å². The lowest BCUT2D eigenvalue weighted by molar-refractivity contribution is -0.384. The summed E-state index contributed by atoms with van der Waals surface area (Å²) in [7, 11) is 1.60. The van der Waals surface area contributed by atoms with Gasteiger partial charge in [-0.3, -0.25) is 14.9 Å². The summed E-state index contributed by atoms with van der Waals surface area (Å²) in [6.45, 7) is 0.998. The summed E-state index contributed by atoms with van der Waals surface area (Å²) in [6.07, 6.45) is 0. The molecular weight excluding hydrogens is 378 g/mol. The summed E-state index contributed by atoms with van der Waals surface area (Å²) in [6, 6.07) is 10.8. The fourth-order valence-electron chi connectivity index (χ4n) is 2.41. The monoisotopic (exact) mass is 391 g/mol. The number of nitrogens with zero attached hydrogens (tertiary/aromatic N) is 3.